The minimum absolute atomic E-state index is 0.172. The summed E-state index contributed by atoms with van der Waals surface area (Å²) in [6.45, 7) is 9.10. The minimum atomic E-state index is -0.369. The Morgan fingerprint density at radius 1 is 1.40 bits per heavy atom. The van der Waals surface area contributed by atoms with Crippen LogP contribution in [0, 0.1) is 12.7 Å². The second-order valence-electron chi connectivity index (χ2n) is 5.91. The Morgan fingerprint density at radius 3 is 2.65 bits per heavy atom. The number of rotatable bonds is 3. The number of nitrogens with one attached hydrogen (secondary N) is 1. The van der Waals surface area contributed by atoms with Crippen molar-refractivity contribution >= 4 is 5.91 Å². The molecule has 1 aliphatic rings. The number of nitrogens with zero attached hydrogens (tertiary/aromatic N) is 1. The molecule has 0 unspecified atom stereocenters. The summed E-state index contributed by atoms with van der Waals surface area (Å²) in [7, 11) is 0. The molecule has 1 N–H and O–H groups in total. The van der Waals surface area contributed by atoms with Gasteiger partial charge in [0, 0.05) is 24.2 Å². The molecule has 1 amide bonds. The number of benzene rings is 1. The fourth-order valence-electron chi connectivity index (χ4n) is 2.67. The predicted octanol–water partition coefficient (Wildman–Crippen LogP) is 2.74. The Hall–Kier alpha value is -1.42. The normalized spacial score (nSPS) is 18.8. The van der Waals surface area contributed by atoms with Gasteiger partial charge in [-0.25, -0.2) is 4.39 Å². The average Bonchev–Trinajstić information content (AvgIpc) is 2.42. The van der Waals surface area contributed by atoms with E-state index >= 15 is 0 Å². The summed E-state index contributed by atoms with van der Waals surface area (Å²) in [6.07, 6.45) is 1.86. The zero-order chi connectivity index (χ0) is 14.8. The van der Waals surface area contributed by atoms with Gasteiger partial charge < -0.3 is 10.2 Å². The molecular weight excluding hydrogens is 255 g/mol. The first-order valence-electron chi connectivity index (χ1n) is 7.24. The molecule has 0 saturated carbocycles. The molecule has 1 aliphatic heterocycles. The number of hydrogen-bond acceptors (Lipinski definition) is 2. The number of halogens is 1. The Morgan fingerprint density at radius 2 is 2.05 bits per heavy atom. The van der Waals surface area contributed by atoms with E-state index in [1.54, 1.807) is 6.07 Å². The fourth-order valence-corrected chi connectivity index (χ4v) is 2.67. The summed E-state index contributed by atoms with van der Waals surface area (Å²) in [4.78, 5) is 14.7. The summed E-state index contributed by atoms with van der Waals surface area (Å²) in [5.74, 6) is -0.541. The van der Waals surface area contributed by atoms with Crippen LogP contribution in [0.2, 0.25) is 0 Å². The number of aryl methyl sites for hydroxylation is 1. The lowest BCUT2D eigenvalue weighted by Crippen LogP contribution is -2.53. The van der Waals surface area contributed by atoms with Crippen LogP contribution in [0.5, 0.6) is 0 Å². The van der Waals surface area contributed by atoms with Crippen LogP contribution in [-0.4, -0.2) is 36.0 Å². The second kappa shape index (κ2) is 5.92. The van der Waals surface area contributed by atoms with Gasteiger partial charge in [0.25, 0.3) is 5.91 Å². The van der Waals surface area contributed by atoms with Crippen molar-refractivity contribution in [1.29, 1.82) is 0 Å². The number of amides is 1. The van der Waals surface area contributed by atoms with Crippen molar-refractivity contribution < 1.29 is 9.18 Å². The number of carbonyl (C=O) groups excluding carboxylic acids is 1. The van der Waals surface area contributed by atoms with Crippen molar-refractivity contribution in [3.05, 3.63) is 35.1 Å². The maximum Gasteiger partial charge on any atom is 0.252 e. The maximum atomic E-state index is 13.3. The van der Waals surface area contributed by atoms with Gasteiger partial charge in [0.15, 0.2) is 0 Å². The van der Waals surface area contributed by atoms with Gasteiger partial charge in [0.2, 0.25) is 0 Å². The predicted molar refractivity (Wildman–Crippen MR) is 78.4 cm³/mol. The lowest BCUT2D eigenvalue weighted by atomic mass is 9.89. The zero-order valence-electron chi connectivity index (χ0n) is 12.5. The SMILES string of the molecule is CCN1CCC(C)(NC(=O)c2cc(F)ccc2C)CC1. The molecular formula is C16H23FN2O. The van der Waals surface area contributed by atoms with Crippen molar-refractivity contribution in [2.75, 3.05) is 19.6 Å². The van der Waals surface area contributed by atoms with Gasteiger partial charge in [-0.1, -0.05) is 13.0 Å². The smallest absolute Gasteiger partial charge is 0.252 e. The van der Waals surface area contributed by atoms with Crippen molar-refractivity contribution in [1.82, 2.24) is 10.2 Å². The molecule has 0 aromatic heterocycles. The molecule has 1 aromatic rings. The molecule has 1 fully saturated rings. The van der Waals surface area contributed by atoms with Gasteiger partial charge in [-0.3, -0.25) is 4.79 Å². The molecule has 0 spiro atoms. The van der Waals surface area contributed by atoms with Crippen LogP contribution in [0.25, 0.3) is 0 Å². The zero-order valence-corrected chi connectivity index (χ0v) is 12.5. The van der Waals surface area contributed by atoms with E-state index in [9.17, 15) is 9.18 Å². The average molecular weight is 278 g/mol. The van der Waals surface area contributed by atoms with Crippen molar-refractivity contribution in [3.8, 4) is 0 Å². The molecule has 0 bridgehead atoms. The van der Waals surface area contributed by atoms with Gasteiger partial charge in [-0.05, 0) is 50.9 Å². The third-order valence-corrected chi connectivity index (χ3v) is 4.27. The van der Waals surface area contributed by atoms with E-state index in [4.69, 9.17) is 0 Å². The third kappa shape index (κ3) is 3.37. The van der Waals surface area contributed by atoms with Crippen LogP contribution < -0.4 is 5.32 Å². The Balaban J connectivity index is 2.06. The molecule has 1 saturated heterocycles. The first kappa shape index (κ1) is 15.0. The molecule has 20 heavy (non-hydrogen) atoms. The highest BCUT2D eigenvalue weighted by Gasteiger charge is 2.31. The van der Waals surface area contributed by atoms with E-state index in [0.717, 1.165) is 38.0 Å². The van der Waals surface area contributed by atoms with E-state index < -0.39 is 0 Å². The molecule has 0 aliphatic carbocycles. The Labute approximate surface area is 120 Å². The molecule has 4 heteroatoms. The first-order chi connectivity index (χ1) is 9.43. The largest absolute Gasteiger partial charge is 0.347 e. The van der Waals surface area contributed by atoms with Crippen LogP contribution >= 0.6 is 0 Å². The molecule has 0 atom stereocenters. The van der Waals surface area contributed by atoms with Crippen LogP contribution in [0.3, 0.4) is 0 Å². The van der Waals surface area contributed by atoms with Gasteiger partial charge in [0.1, 0.15) is 5.82 Å². The molecule has 1 heterocycles. The highest BCUT2D eigenvalue weighted by Crippen LogP contribution is 2.22. The quantitative estimate of drug-likeness (QED) is 0.922. The highest BCUT2D eigenvalue weighted by molar-refractivity contribution is 5.96. The Bertz CT molecular complexity index is 493. The first-order valence-corrected chi connectivity index (χ1v) is 7.24. The van der Waals surface area contributed by atoms with Crippen LogP contribution in [-0.2, 0) is 0 Å². The van der Waals surface area contributed by atoms with Gasteiger partial charge >= 0.3 is 0 Å². The van der Waals surface area contributed by atoms with E-state index in [1.165, 1.54) is 12.1 Å². The minimum Gasteiger partial charge on any atom is -0.347 e. The van der Waals surface area contributed by atoms with E-state index in [2.05, 4.69) is 24.1 Å². The topological polar surface area (TPSA) is 32.3 Å². The molecule has 1 aromatic carbocycles. The number of likely N-dealkylation sites (tertiary alicyclic amines) is 1. The monoisotopic (exact) mass is 278 g/mol. The molecule has 2 rings (SSSR count). The van der Waals surface area contributed by atoms with Gasteiger partial charge in [0.05, 0.1) is 0 Å². The second-order valence-corrected chi connectivity index (χ2v) is 5.91. The maximum absolute atomic E-state index is 13.3. The van der Waals surface area contributed by atoms with E-state index in [0.29, 0.717) is 5.56 Å². The summed E-state index contributed by atoms with van der Waals surface area (Å²) >= 11 is 0. The molecule has 0 radical (unpaired) electrons. The summed E-state index contributed by atoms with van der Waals surface area (Å²) in [6, 6.07) is 4.34. The van der Waals surface area contributed by atoms with Crippen molar-refractivity contribution in [2.45, 2.75) is 39.2 Å². The Kier molecular flexibility index (Phi) is 4.43. The summed E-state index contributed by atoms with van der Waals surface area (Å²) < 4.78 is 13.3. The third-order valence-electron chi connectivity index (χ3n) is 4.27. The van der Waals surface area contributed by atoms with Gasteiger partial charge in [-0.15, -0.1) is 0 Å². The van der Waals surface area contributed by atoms with E-state index in [-0.39, 0.29) is 17.3 Å². The summed E-state index contributed by atoms with van der Waals surface area (Å²) in [5, 5.41) is 3.09. The van der Waals surface area contributed by atoms with Gasteiger partial charge in [-0.2, -0.15) is 0 Å². The number of hydrogen-bond donors (Lipinski definition) is 1. The molecule has 110 valence electrons. The fraction of sp³-hybridized carbons (Fsp3) is 0.562. The van der Waals surface area contributed by atoms with Crippen LogP contribution in [0.1, 0.15) is 42.6 Å². The highest BCUT2D eigenvalue weighted by atomic mass is 19.1. The van der Waals surface area contributed by atoms with Crippen LogP contribution in [0.15, 0.2) is 18.2 Å². The lowest BCUT2D eigenvalue weighted by molar-refractivity contribution is 0.0838. The van der Waals surface area contributed by atoms with Crippen LogP contribution in [0.4, 0.5) is 4.39 Å². The summed E-state index contributed by atoms with van der Waals surface area (Å²) in [5.41, 5.74) is 1.05. The standard InChI is InChI=1S/C16H23FN2O/c1-4-19-9-7-16(3,8-10-19)18-15(20)14-11-13(17)6-5-12(14)2/h5-6,11H,4,7-10H2,1-3H3,(H,18,20). The number of piperidine rings is 1. The van der Waals surface area contributed by atoms with Crippen molar-refractivity contribution in [3.63, 3.8) is 0 Å². The van der Waals surface area contributed by atoms with Crippen molar-refractivity contribution in [2.24, 2.45) is 0 Å². The molecule has 3 nitrogen and oxygen atoms in total. The lowest BCUT2D eigenvalue weighted by Gasteiger charge is -2.39. The van der Waals surface area contributed by atoms with E-state index in [1.807, 2.05) is 6.92 Å². The number of carbonyl (C=O) groups is 1.